The van der Waals surface area contributed by atoms with Gasteiger partial charge in [-0.3, -0.25) is 14.3 Å². The molecule has 208 valence electrons. The second-order valence-corrected chi connectivity index (χ2v) is 10.7. The van der Waals surface area contributed by atoms with Gasteiger partial charge in [0.1, 0.15) is 12.6 Å². The van der Waals surface area contributed by atoms with Crippen LogP contribution in [0.3, 0.4) is 0 Å². The van der Waals surface area contributed by atoms with Crippen LogP contribution in [0.15, 0.2) is 54.3 Å². The molecule has 2 aliphatic heterocycles. The van der Waals surface area contributed by atoms with Gasteiger partial charge in [-0.25, -0.2) is 0 Å². The van der Waals surface area contributed by atoms with Gasteiger partial charge in [0.05, 0.1) is 6.04 Å². The Morgan fingerprint density at radius 3 is 2.62 bits per heavy atom. The number of halogens is 3. The summed E-state index contributed by atoms with van der Waals surface area (Å²) >= 11 is 0. The van der Waals surface area contributed by atoms with E-state index in [-0.39, 0.29) is 30.3 Å². The molecule has 2 unspecified atom stereocenters. The van der Waals surface area contributed by atoms with E-state index < -0.39 is 17.9 Å². The average molecular weight is 542 g/mol. The third-order valence-electron chi connectivity index (χ3n) is 8.16. The number of dihydropyridines is 1. The lowest BCUT2D eigenvalue weighted by atomic mass is 9.86. The average Bonchev–Trinajstić information content (AvgIpc) is 3.32. The molecule has 10 heteroatoms. The molecular formula is C29H34F3N5O2. The van der Waals surface area contributed by atoms with Crippen LogP contribution in [0, 0.1) is 12.8 Å². The minimum Gasteiger partial charge on any atom is -0.374 e. The molecule has 5 rings (SSSR count). The molecule has 1 fully saturated rings. The van der Waals surface area contributed by atoms with Crippen LogP contribution in [0.1, 0.15) is 54.2 Å². The van der Waals surface area contributed by atoms with Crippen LogP contribution in [0.5, 0.6) is 0 Å². The topological polar surface area (TPSA) is 70.5 Å². The number of hydrogen-bond donors (Lipinski definition) is 1. The van der Waals surface area contributed by atoms with E-state index in [1.807, 2.05) is 42.3 Å². The summed E-state index contributed by atoms with van der Waals surface area (Å²) in [4.78, 5) is 29.9. The van der Waals surface area contributed by atoms with Gasteiger partial charge in [-0.2, -0.15) is 18.3 Å². The molecule has 0 spiro atoms. The van der Waals surface area contributed by atoms with E-state index in [0.29, 0.717) is 31.6 Å². The van der Waals surface area contributed by atoms with Crippen LogP contribution in [0.2, 0.25) is 0 Å². The Kier molecular flexibility index (Phi) is 7.55. The number of likely N-dealkylation sites (N-methyl/N-ethyl adjacent to an activating group) is 1. The summed E-state index contributed by atoms with van der Waals surface area (Å²) in [6.07, 6.45) is 5.72. The van der Waals surface area contributed by atoms with Gasteiger partial charge in [-0.15, -0.1) is 0 Å². The normalized spacial score (nSPS) is 21.7. The number of amides is 2. The first-order valence-corrected chi connectivity index (χ1v) is 13.5. The fraction of sp³-hybridized carbons (Fsp3) is 0.483. The molecule has 39 heavy (non-hydrogen) atoms. The number of alkyl halides is 3. The van der Waals surface area contributed by atoms with E-state index in [4.69, 9.17) is 0 Å². The molecule has 3 heterocycles. The summed E-state index contributed by atoms with van der Waals surface area (Å²) in [6.45, 7) is 2.29. The van der Waals surface area contributed by atoms with Gasteiger partial charge in [-0.1, -0.05) is 36.4 Å². The lowest BCUT2D eigenvalue weighted by Gasteiger charge is -2.38. The Morgan fingerprint density at radius 1 is 1.15 bits per heavy atom. The predicted octanol–water partition coefficient (Wildman–Crippen LogP) is 4.40. The monoisotopic (exact) mass is 541 g/mol. The maximum Gasteiger partial charge on any atom is 0.435 e. The molecule has 1 saturated heterocycles. The first-order chi connectivity index (χ1) is 18.6. The molecule has 2 aromatic rings. The number of piperidine rings is 1. The lowest BCUT2D eigenvalue weighted by Crippen LogP contribution is -2.48. The van der Waals surface area contributed by atoms with Crippen molar-refractivity contribution in [2.75, 3.05) is 20.1 Å². The van der Waals surface area contributed by atoms with E-state index in [9.17, 15) is 22.8 Å². The zero-order chi connectivity index (χ0) is 27.7. The summed E-state index contributed by atoms with van der Waals surface area (Å²) < 4.78 is 40.0. The van der Waals surface area contributed by atoms with E-state index in [1.54, 1.807) is 4.90 Å². The molecule has 7 nitrogen and oxygen atoms in total. The van der Waals surface area contributed by atoms with Crippen molar-refractivity contribution in [1.29, 1.82) is 0 Å². The number of nitrogens with one attached hydrogen (secondary N) is 1. The minimum atomic E-state index is -4.54. The highest BCUT2D eigenvalue weighted by atomic mass is 19.4. The Balaban J connectivity index is 1.16. The number of allylic oxidation sites excluding steroid dienone is 3. The van der Waals surface area contributed by atoms with Crippen molar-refractivity contribution >= 4 is 11.8 Å². The van der Waals surface area contributed by atoms with Crippen LogP contribution in [0.25, 0.3) is 0 Å². The van der Waals surface area contributed by atoms with Crippen LogP contribution in [-0.4, -0.2) is 57.6 Å². The second-order valence-electron chi connectivity index (χ2n) is 10.7. The number of nitrogens with zero attached hydrogens (tertiary/aromatic N) is 4. The van der Waals surface area contributed by atoms with Gasteiger partial charge in [-0.05, 0) is 62.3 Å². The number of hydrogen-bond acceptors (Lipinski definition) is 4. The van der Waals surface area contributed by atoms with E-state index in [1.165, 1.54) is 18.1 Å². The predicted molar refractivity (Wildman–Crippen MR) is 140 cm³/mol. The van der Waals surface area contributed by atoms with E-state index in [2.05, 4.69) is 22.5 Å². The number of rotatable bonds is 5. The van der Waals surface area contributed by atoms with Crippen molar-refractivity contribution < 1.29 is 22.8 Å². The van der Waals surface area contributed by atoms with Gasteiger partial charge >= 0.3 is 6.18 Å². The van der Waals surface area contributed by atoms with Gasteiger partial charge in [0.25, 0.3) is 0 Å². The summed E-state index contributed by atoms with van der Waals surface area (Å²) in [5.74, 6) is -0.0569. The second kappa shape index (κ2) is 10.9. The first-order valence-electron chi connectivity index (χ1n) is 13.5. The molecule has 0 saturated carbocycles. The van der Waals surface area contributed by atoms with Crippen molar-refractivity contribution in [2.45, 2.75) is 63.8 Å². The van der Waals surface area contributed by atoms with Crippen molar-refractivity contribution in [3.8, 4) is 0 Å². The zero-order valence-electron chi connectivity index (χ0n) is 22.2. The van der Waals surface area contributed by atoms with Crippen molar-refractivity contribution in [1.82, 2.24) is 24.9 Å². The molecule has 0 radical (unpaired) electrons. The van der Waals surface area contributed by atoms with Gasteiger partial charge in [0, 0.05) is 37.4 Å². The Hall–Kier alpha value is -3.56. The Morgan fingerprint density at radius 2 is 1.90 bits per heavy atom. The van der Waals surface area contributed by atoms with Crippen LogP contribution < -0.4 is 5.32 Å². The third-order valence-corrected chi connectivity index (χ3v) is 8.16. The molecular weight excluding hydrogens is 507 g/mol. The molecule has 1 aromatic carbocycles. The van der Waals surface area contributed by atoms with Crippen molar-refractivity contribution in [3.05, 3.63) is 76.8 Å². The number of aryl methyl sites for hydroxylation is 2. The first kappa shape index (κ1) is 27.0. The standard InChI is InChI=1S/C29H34F3N5O2/c1-19-17-26(29(30,31)32)34-37(19)18-27(38)36-15-13-21(14-16-36)23-10-6-11-24(33-23)28(39)35(2)25-12-5-8-20-7-3-4-9-22(20)25/h3-4,6-7,9-11,17,21,24-25,33H,5,8,12-16,18H2,1-2H3. The molecule has 1 aliphatic carbocycles. The minimum absolute atomic E-state index is 0.0268. The van der Waals surface area contributed by atoms with Gasteiger partial charge in [0.15, 0.2) is 5.69 Å². The maximum atomic E-state index is 13.5. The summed E-state index contributed by atoms with van der Waals surface area (Å²) in [6, 6.07) is 8.91. The van der Waals surface area contributed by atoms with Crippen molar-refractivity contribution in [3.63, 3.8) is 0 Å². The largest absolute Gasteiger partial charge is 0.435 e. The fourth-order valence-electron chi connectivity index (χ4n) is 5.92. The maximum absolute atomic E-state index is 13.5. The highest BCUT2D eigenvalue weighted by Gasteiger charge is 2.35. The zero-order valence-corrected chi connectivity index (χ0v) is 22.2. The van der Waals surface area contributed by atoms with Gasteiger partial charge in [0.2, 0.25) is 11.8 Å². The Bertz CT molecular complexity index is 1290. The molecule has 2 amide bonds. The number of carbonyl (C=O) groups excluding carboxylic acids is 2. The molecule has 2 atom stereocenters. The summed E-state index contributed by atoms with van der Waals surface area (Å²) in [5, 5.41) is 7.01. The van der Waals surface area contributed by atoms with E-state index in [0.717, 1.165) is 35.7 Å². The quantitative estimate of drug-likeness (QED) is 0.610. The number of carbonyl (C=O) groups is 2. The Labute approximate surface area is 226 Å². The highest BCUT2D eigenvalue weighted by molar-refractivity contribution is 5.85. The van der Waals surface area contributed by atoms with Crippen LogP contribution in [0.4, 0.5) is 13.2 Å². The summed E-state index contributed by atoms with van der Waals surface area (Å²) in [7, 11) is 1.88. The van der Waals surface area contributed by atoms with Crippen molar-refractivity contribution in [2.24, 2.45) is 5.92 Å². The smallest absolute Gasteiger partial charge is 0.374 e. The molecule has 0 bridgehead atoms. The fourth-order valence-corrected chi connectivity index (χ4v) is 5.92. The van der Waals surface area contributed by atoms with Crippen LogP contribution >= 0.6 is 0 Å². The number of aromatic nitrogens is 2. The number of fused-ring (bicyclic) bond motifs is 1. The molecule has 1 aromatic heterocycles. The van der Waals surface area contributed by atoms with Crippen LogP contribution in [-0.2, 0) is 28.7 Å². The third kappa shape index (κ3) is 5.74. The summed E-state index contributed by atoms with van der Waals surface area (Å²) in [5.41, 5.74) is 2.83. The molecule has 3 aliphatic rings. The highest BCUT2D eigenvalue weighted by Crippen LogP contribution is 2.34. The number of likely N-dealkylation sites (tertiary alicyclic amines) is 1. The van der Waals surface area contributed by atoms with E-state index >= 15 is 0 Å². The lowest BCUT2D eigenvalue weighted by molar-refractivity contribution is -0.142. The SMILES string of the molecule is Cc1cc(C(F)(F)F)nn1CC(=O)N1CCC(C2=CC=CC(C(=O)N(C)C3CCCc4ccccc43)N2)CC1. The van der Waals surface area contributed by atoms with Gasteiger partial charge < -0.3 is 15.1 Å². The molecule has 1 N–H and O–H groups in total. The number of benzene rings is 1.